The molecule has 4 aromatic rings. The average molecular weight is 629 g/mol. The Hall–Kier alpha value is -6.06. The molecule has 4 aromatic carbocycles. The lowest BCUT2D eigenvalue weighted by Crippen LogP contribution is -1.99. The van der Waals surface area contributed by atoms with Crippen molar-refractivity contribution in [3.63, 3.8) is 0 Å². The van der Waals surface area contributed by atoms with Crippen molar-refractivity contribution in [1.29, 1.82) is 0 Å². The molecular formula is C26H20N12O4S2. The van der Waals surface area contributed by atoms with Crippen LogP contribution >= 0.6 is 0 Å². The molecule has 0 saturated carbocycles. The first-order chi connectivity index (χ1) is 21.0. The van der Waals surface area contributed by atoms with Crippen molar-refractivity contribution in [3.8, 4) is 0 Å². The first kappa shape index (κ1) is 30.9. The number of hydrogen-bond acceptors (Lipinski definition) is 10. The van der Waals surface area contributed by atoms with Crippen LogP contribution in [0, 0.1) is 0 Å². The molecule has 4 rings (SSSR count). The van der Waals surface area contributed by atoms with Gasteiger partial charge in [0.25, 0.3) is 20.0 Å². The largest absolute Gasteiger partial charge is 0.399 e. The summed E-state index contributed by atoms with van der Waals surface area (Å²) in [6.07, 6.45) is 2.56. The van der Waals surface area contributed by atoms with Crippen LogP contribution in [0.15, 0.2) is 124 Å². The summed E-state index contributed by atoms with van der Waals surface area (Å²) in [5, 5.41) is 16.1. The van der Waals surface area contributed by atoms with Crippen LogP contribution in [0.25, 0.3) is 33.0 Å². The van der Waals surface area contributed by atoms with Gasteiger partial charge in [0.15, 0.2) is 0 Å². The smallest absolute Gasteiger partial charge is 0.265 e. The van der Waals surface area contributed by atoms with Crippen LogP contribution in [0.3, 0.4) is 0 Å². The van der Waals surface area contributed by atoms with Crippen molar-refractivity contribution in [1.82, 2.24) is 0 Å². The Morgan fingerprint density at radius 3 is 1.18 bits per heavy atom. The van der Waals surface area contributed by atoms with Crippen LogP contribution in [0.4, 0.5) is 34.1 Å². The second-order valence-corrected chi connectivity index (χ2v) is 11.8. The number of anilines is 2. The molecule has 18 heteroatoms. The van der Waals surface area contributed by atoms with Gasteiger partial charge in [0, 0.05) is 30.2 Å². The zero-order chi connectivity index (χ0) is 31.7. The maximum absolute atomic E-state index is 12.8. The number of benzene rings is 4. The summed E-state index contributed by atoms with van der Waals surface area (Å²) in [7, 11) is -9.06. The third-order valence-electron chi connectivity index (χ3n) is 5.63. The van der Waals surface area contributed by atoms with Gasteiger partial charge in [-0.25, -0.2) is 16.8 Å². The Labute approximate surface area is 250 Å². The van der Waals surface area contributed by atoms with Crippen molar-refractivity contribution in [2.45, 2.75) is 9.79 Å². The average Bonchev–Trinajstić information content (AvgIpc) is 3.00. The molecule has 0 bridgehead atoms. The van der Waals surface area contributed by atoms with E-state index in [1.807, 2.05) is 0 Å². The number of nitrogens with zero attached hydrogens (tertiary/aromatic N) is 10. The molecule has 0 fully saturated rings. The van der Waals surface area contributed by atoms with E-state index in [0.29, 0.717) is 22.7 Å². The molecule has 0 spiro atoms. The van der Waals surface area contributed by atoms with E-state index >= 15 is 0 Å². The molecule has 0 aliphatic carbocycles. The molecule has 0 unspecified atom stereocenters. The van der Waals surface area contributed by atoms with Crippen LogP contribution < -0.4 is 11.5 Å². The van der Waals surface area contributed by atoms with E-state index in [4.69, 9.17) is 22.5 Å². The fourth-order valence-electron chi connectivity index (χ4n) is 3.57. The number of azo groups is 2. The van der Waals surface area contributed by atoms with E-state index in [9.17, 15) is 16.8 Å². The summed E-state index contributed by atoms with van der Waals surface area (Å²) >= 11 is 0. The van der Waals surface area contributed by atoms with Crippen LogP contribution in [-0.2, 0) is 20.0 Å². The fraction of sp³-hybridized carbons (Fsp3) is 0. The molecule has 16 nitrogen and oxygen atoms in total. The standard InChI is InChI=1S/C26H20N12O4S2/c27-19-5-11-21(12-6-19)31-33-23-9-3-17(25(15-23)43(39,40)37-35-29)1-2-18-4-10-24(16-26(18)44(41,42)38-36-30)34-32-22-13-7-20(28)8-14-22/h1-16H,27-28H2/b2-1+,33-31+,34-32+. The highest BCUT2D eigenvalue weighted by molar-refractivity contribution is 7.90. The third kappa shape index (κ3) is 7.81. The van der Waals surface area contributed by atoms with E-state index in [1.165, 1.54) is 36.4 Å². The zero-order valence-corrected chi connectivity index (χ0v) is 23.9. The minimum atomic E-state index is -4.53. The topological polar surface area (TPSA) is 267 Å². The van der Waals surface area contributed by atoms with Crippen LogP contribution in [-0.4, -0.2) is 16.8 Å². The van der Waals surface area contributed by atoms with Crippen molar-refractivity contribution in [3.05, 3.63) is 117 Å². The van der Waals surface area contributed by atoms with Gasteiger partial charge in [-0.1, -0.05) is 24.3 Å². The molecule has 0 amide bonds. The normalized spacial score (nSPS) is 11.9. The SMILES string of the molecule is [N-]=[N+]=NS(=O)(=O)c1cc(/N=N/c2ccc(N)cc2)ccc1/C=C/c1ccc(/N=N/c2ccc(N)cc2)cc1S(=O)(=O)N=[N+]=[N-]. The van der Waals surface area contributed by atoms with Crippen LogP contribution in [0.1, 0.15) is 11.1 Å². The lowest BCUT2D eigenvalue weighted by Gasteiger charge is -2.07. The highest BCUT2D eigenvalue weighted by atomic mass is 32.2. The lowest BCUT2D eigenvalue weighted by molar-refractivity contribution is 0.595. The van der Waals surface area contributed by atoms with Crippen molar-refractivity contribution >= 4 is 66.3 Å². The van der Waals surface area contributed by atoms with E-state index in [1.54, 1.807) is 48.5 Å². The second-order valence-electron chi connectivity index (χ2n) is 8.65. The van der Waals surface area contributed by atoms with Gasteiger partial charge < -0.3 is 11.5 Å². The predicted octanol–water partition coefficient (Wildman–Crippen LogP) is 7.85. The molecule has 0 atom stereocenters. The van der Waals surface area contributed by atoms with Crippen molar-refractivity contribution in [2.75, 3.05) is 11.5 Å². The molecule has 4 N–H and O–H groups in total. The minimum Gasteiger partial charge on any atom is -0.399 e. The molecule has 44 heavy (non-hydrogen) atoms. The summed E-state index contributed by atoms with van der Waals surface area (Å²) in [5.41, 5.74) is 31.2. The molecule has 0 heterocycles. The van der Waals surface area contributed by atoms with Gasteiger partial charge in [0.05, 0.1) is 32.5 Å². The van der Waals surface area contributed by atoms with Crippen LogP contribution in [0.5, 0.6) is 0 Å². The van der Waals surface area contributed by atoms with E-state index in [-0.39, 0.29) is 22.5 Å². The minimum absolute atomic E-state index is 0.0306. The number of rotatable bonds is 10. The summed E-state index contributed by atoms with van der Waals surface area (Å²) in [6, 6.07) is 20.8. The number of nitrogen functional groups attached to an aromatic ring is 2. The van der Waals surface area contributed by atoms with Crippen molar-refractivity contribution in [2.24, 2.45) is 29.5 Å². The Morgan fingerprint density at radius 2 is 0.841 bits per heavy atom. The highest BCUT2D eigenvalue weighted by Gasteiger charge is 2.19. The van der Waals surface area contributed by atoms with Gasteiger partial charge in [-0.15, -0.1) is 0 Å². The summed E-state index contributed by atoms with van der Waals surface area (Å²) in [5.74, 6) is 0. The summed E-state index contributed by atoms with van der Waals surface area (Å²) in [6.45, 7) is 0. The number of nitrogens with two attached hydrogens (primary N) is 2. The predicted molar refractivity (Wildman–Crippen MR) is 165 cm³/mol. The summed E-state index contributed by atoms with van der Waals surface area (Å²) in [4.78, 5) is 3.94. The maximum atomic E-state index is 12.8. The first-order valence-corrected chi connectivity index (χ1v) is 15.0. The second kappa shape index (κ2) is 13.3. The van der Waals surface area contributed by atoms with Gasteiger partial charge in [-0.05, 0) is 95.0 Å². The fourth-order valence-corrected chi connectivity index (χ4v) is 5.34. The van der Waals surface area contributed by atoms with E-state index in [2.05, 4.69) is 39.3 Å². The monoisotopic (exact) mass is 628 g/mol. The molecule has 0 aromatic heterocycles. The molecule has 0 radical (unpaired) electrons. The molecule has 0 saturated heterocycles. The lowest BCUT2D eigenvalue weighted by atomic mass is 10.1. The van der Waals surface area contributed by atoms with Gasteiger partial charge in [0.1, 0.15) is 0 Å². The zero-order valence-electron chi connectivity index (χ0n) is 22.3. The number of hydrogen-bond donors (Lipinski definition) is 2. The highest BCUT2D eigenvalue weighted by Crippen LogP contribution is 2.31. The van der Waals surface area contributed by atoms with E-state index in [0.717, 1.165) is 12.1 Å². The Morgan fingerprint density at radius 1 is 0.523 bits per heavy atom. The maximum Gasteiger partial charge on any atom is 0.265 e. The van der Waals surface area contributed by atoms with Crippen molar-refractivity contribution < 1.29 is 16.8 Å². The van der Waals surface area contributed by atoms with E-state index < -0.39 is 29.8 Å². The van der Waals surface area contributed by atoms with Gasteiger partial charge in [-0.3, -0.25) is 0 Å². The van der Waals surface area contributed by atoms with Gasteiger partial charge in [-0.2, -0.15) is 20.5 Å². The molecular weight excluding hydrogens is 609 g/mol. The first-order valence-electron chi connectivity index (χ1n) is 12.1. The Kier molecular flexibility index (Phi) is 9.32. The Bertz CT molecular complexity index is 1960. The molecule has 0 aliphatic rings. The molecule has 0 aliphatic heterocycles. The van der Waals surface area contributed by atoms with Gasteiger partial charge >= 0.3 is 0 Å². The number of sulfonamides is 2. The Balaban J connectivity index is 1.76. The molecule has 220 valence electrons. The summed E-state index contributed by atoms with van der Waals surface area (Å²) < 4.78 is 56.9. The third-order valence-corrected chi connectivity index (χ3v) is 8.02. The van der Waals surface area contributed by atoms with Crippen LogP contribution in [0.2, 0.25) is 0 Å². The quantitative estimate of drug-likeness (QED) is 0.0579. The van der Waals surface area contributed by atoms with Gasteiger partial charge in [0.2, 0.25) is 0 Å². The number of azide groups is 2.